The van der Waals surface area contributed by atoms with Crippen LogP contribution in [0.3, 0.4) is 0 Å². The summed E-state index contributed by atoms with van der Waals surface area (Å²) in [7, 11) is 2.00. The van der Waals surface area contributed by atoms with E-state index in [1.807, 2.05) is 17.9 Å². The average Bonchev–Trinajstić information content (AvgIpc) is 2.78. The van der Waals surface area contributed by atoms with Gasteiger partial charge in [-0.05, 0) is 31.7 Å². The van der Waals surface area contributed by atoms with Crippen LogP contribution in [-0.2, 0) is 7.05 Å². The Labute approximate surface area is 105 Å². The summed E-state index contributed by atoms with van der Waals surface area (Å²) < 4.78 is 1.92. The normalized spacial score (nSPS) is 19.4. The van der Waals surface area contributed by atoms with Gasteiger partial charge in [0.15, 0.2) is 0 Å². The molecule has 0 bridgehead atoms. The number of aryl methyl sites for hydroxylation is 1. The van der Waals surface area contributed by atoms with Crippen molar-refractivity contribution in [1.29, 1.82) is 0 Å². The maximum atomic E-state index is 4.32. The van der Waals surface area contributed by atoms with Gasteiger partial charge in [0, 0.05) is 24.8 Å². The van der Waals surface area contributed by atoms with Gasteiger partial charge in [-0.3, -0.25) is 4.68 Å². The highest BCUT2D eigenvalue weighted by molar-refractivity contribution is 5.12. The van der Waals surface area contributed by atoms with Gasteiger partial charge in [0.05, 0.1) is 6.20 Å². The summed E-state index contributed by atoms with van der Waals surface area (Å²) in [5.41, 5.74) is 1.37. The molecule has 0 saturated heterocycles. The van der Waals surface area contributed by atoms with Crippen LogP contribution in [0, 0.1) is 5.92 Å². The van der Waals surface area contributed by atoms with Crippen LogP contribution in [0.1, 0.15) is 57.1 Å². The highest BCUT2D eigenvalue weighted by Crippen LogP contribution is 2.34. The molecule has 1 saturated carbocycles. The molecule has 1 fully saturated rings. The fraction of sp³-hybridized carbons (Fsp3) is 0.786. The van der Waals surface area contributed by atoms with Gasteiger partial charge in [0.2, 0.25) is 0 Å². The van der Waals surface area contributed by atoms with Gasteiger partial charge < -0.3 is 5.32 Å². The van der Waals surface area contributed by atoms with E-state index >= 15 is 0 Å². The molecule has 0 radical (unpaired) electrons. The van der Waals surface area contributed by atoms with Crippen molar-refractivity contribution in [3.05, 3.63) is 18.0 Å². The molecule has 1 unspecified atom stereocenters. The Morgan fingerprint density at radius 2 is 2.18 bits per heavy atom. The lowest BCUT2D eigenvalue weighted by molar-refractivity contribution is 0.272. The minimum Gasteiger partial charge on any atom is -0.310 e. The van der Waals surface area contributed by atoms with Gasteiger partial charge in [0.1, 0.15) is 0 Å². The summed E-state index contributed by atoms with van der Waals surface area (Å²) in [6.45, 7) is 3.34. The summed E-state index contributed by atoms with van der Waals surface area (Å²) in [5, 5.41) is 8.03. The van der Waals surface area contributed by atoms with E-state index in [-0.39, 0.29) is 0 Å². The first-order chi connectivity index (χ1) is 8.31. The van der Waals surface area contributed by atoms with Crippen molar-refractivity contribution in [3.8, 4) is 0 Å². The molecule has 2 rings (SSSR count). The van der Waals surface area contributed by atoms with Crippen LogP contribution in [0.25, 0.3) is 0 Å². The van der Waals surface area contributed by atoms with Crippen molar-refractivity contribution in [2.45, 2.75) is 51.5 Å². The smallest absolute Gasteiger partial charge is 0.0537 e. The van der Waals surface area contributed by atoms with E-state index in [1.165, 1.54) is 44.1 Å². The molecule has 0 aliphatic heterocycles. The zero-order chi connectivity index (χ0) is 12.1. The van der Waals surface area contributed by atoms with Gasteiger partial charge in [-0.2, -0.15) is 5.10 Å². The van der Waals surface area contributed by atoms with Gasteiger partial charge in [-0.15, -0.1) is 0 Å². The summed E-state index contributed by atoms with van der Waals surface area (Å²) in [4.78, 5) is 0. The molecular weight excluding hydrogens is 210 g/mol. The molecule has 17 heavy (non-hydrogen) atoms. The molecule has 1 aromatic rings. The molecule has 1 aliphatic carbocycles. The lowest BCUT2D eigenvalue weighted by Crippen LogP contribution is -2.30. The molecule has 3 heteroatoms. The molecule has 1 heterocycles. The molecule has 0 spiro atoms. The summed E-state index contributed by atoms with van der Waals surface area (Å²) in [6.07, 6.45) is 12.4. The van der Waals surface area contributed by atoms with Crippen LogP contribution >= 0.6 is 0 Å². The standard InChI is InChI=1S/C14H25N3/c1-3-9-15-14(12-7-5-4-6-8-12)13-10-16-17(2)11-13/h10-12,14-15H,3-9H2,1-2H3. The number of aromatic nitrogens is 2. The van der Waals surface area contributed by atoms with Crippen molar-refractivity contribution >= 4 is 0 Å². The van der Waals surface area contributed by atoms with Gasteiger partial charge in [0.25, 0.3) is 0 Å². The minimum atomic E-state index is 0.518. The first kappa shape index (κ1) is 12.6. The van der Waals surface area contributed by atoms with E-state index in [4.69, 9.17) is 0 Å². The Hall–Kier alpha value is -0.830. The van der Waals surface area contributed by atoms with Crippen molar-refractivity contribution in [2.24, 2.45) is 13.0 Å². The van der Waals surface area contributed by atoms with E-state index in [0.717, 1.165) is 12.5 Å². The maximum Gasteiger partial charge on any atom is 0.0537 e. The lowest BCUT2D eigenvalue weighted by atomic mass is 9.82. The molecule has 0 aromatic carbocycles. The van der Waals surface area contributed by atoms with Crippen molar-refractivity contribution < 1.29 is 0 Å². The first-order valence-corrected chi connectivity index (χ1v) is 7.03. The molecule has 0 amide bonds. The molecular formula is C14H25N3. The Morgan fingerprint density at radius 1 is 1.41 bits per heavy atom. The van der Waals surface area contributed by atoms with E-state index in [0.29, 0.717) is 6.04 Å². The summed E-state index contributed by atoms with van der Waals surface area (Å²) in [6, 6.07) is 0.518. The van der Waals surface area contributed by atoms with Gasteiger partial charge in [-0.1, -0.05) is 26.2 Å². The number of rotatable bonds is 5. The quantitative estimate of drug-likeness (QED) is 0.850. The molecule has 96 valence electrons. The monoisotopic (exact) mass is 235 g/mol. The predicted octanol–water partition coefficient (Wildman–Crippen LogP) is 3.04. The SMILES string of the molecule is CCCNC(c1cnn(C)c1)C1CCCCC1. The molecule has 1 N–H and O–H groups in total. The Bertz CT molecular complexity index is 326. The summed E-state index contributed by atoms with van der Waals surface area (Å²) in [5.74, 6) is 0.805. The second kappa shape index (κ2) is 6.20. The predicted molar refractivity (Wildman–Crippen MR) is 70.8 cm³/mol. The van der Waals surface area contributed by atoms with Crippen LogP contribution < -0.4 is 5.32 Å². The minimum absolute atomic E-state index is 0.518. The van der Waals surface area contributed by atoms with E-state index in [2.05, 4.69) is 23.5 Å². The fourth-order valence-electron chi connectivity index (χ4n) is 2.92. The zero-order valence-corrected chi connectivity index (χ0v) is 11.2. The van der Waals surface area contributed by atoms with E-state index < -0.39 is 0 Å². The number of hydrogen-bond donors (Lipinski definition) is 1. The van der Waals surface area contributed by atoms with Gasteiger partial charge >= 0.3 is 0 Å². The van der Waals surface area contributed by atoms with Crippen LogP contribution in [0.2, 0.25) is 0 Å². The molecule has 1 atom stereocenters. The highest BCUT2D eigenvalue weighted by Gasteiger charge is 2.25. The van der Waals surface area contributed by atoms with E-state index in [9.17, 15) is 0 Å². The topological polar surface area (TPSA) is 29.9 Å². The average molecular weight is 235 g/mol. The Kier molecular flexibility index (Phi) is 4.60. The van der Waals surface area contributed by atoms with Crippen LogP contribution in [0.5, 0.6) is 0 Å². The first-order valence-electron chi connectivity index (χ1n) is 7.03. The van der Waals surface area contributed by atoms with Crippen LogP contribution in [-0.4, -0.2) is 16.3 Å². The molecule has 3 nitrogen and oxygen atoms in total. The van der Waals surface area contributed by atoms with Crippen LogP contribution in [0.4, 0.5) is 0 Å². The van der Waals surface area contributed by atoms with E-state index in [1.54, 1.807) is 0 Å². The second-order valence-electron chi connectivity index (χ2n) is 5.28. The number of nitrogens with zero attached hydrogens (tertiary/aromatic N) is 2. The zero-order valence-electron chi connectivity index (χ0n) is 11.2. The van der Waals surface area contributed by atoms with Crippen LogP contribution in [0.15, 0.2) is 12.4 Å². The number of nitrogens with one attached hydrogen (secondary N) is 1. The highest BCUT2D eigenvalue weighted by atomic mass is 15.2. The van der Waals surface area contributed by atoms with Gasteiger partial charge in [-0.25, -0.2) is 0 Å². The third kappa shape index (κ3) is 3.32. The van der Waals surface area contributed by atoms with Crippen molar-refractivity contribution in [3.63, 3.8) is 0 Å². The third-order valence-corrected chi connectivity index (χ3v) is 3.82. The number of hydrogen-bond acceptors (Lipinski definition) is 2. The lowest BCUT2D eigenvalue weighted by Gasteiger charge is -2.30. The van der Waals surface area contributed by atoms with Crippen molar-refractivity contribution in [1.82, 2.24) is 15.1 Å². The maximum absolute atomic E-state index is 4.32. The largest absolute Gasteiger partial charge is 0.310 e. The molecule has 1 aliphatic rings. The Balaban J connectivity index is 2.06. The molecule has 1 aromatic heterocycles. The second-order valence-corrected chi connectivity index (χ2v) is 5.28. The third-order valence-electron chi connectivity index (χ3n) is 3.82. The summed E-state index contributed by atoms with van der Waals surface area (Å²) >= 11 is 0. The Morgan fingerprint density at radius 3 is 2.76 bits per heavy atom. The van der Waals surface area contributed by atoms with Crippen molar-refractivity contribution in [2.75, 3.05) is 6.54 Å². The fourth-order valence-corrected chi connectivity index (χ4v) is 2.92.